The van der Waals surface area contributed by atoms with Gasteiger partial charge < -0.3 is 8.92 Å². The largest absolute Gasteiger partial charge is 0.452 e. The van der Waals surface area contributed by atoms with Gasteiger partial charge >= 0.3 is 10.1 Å². The molecule has 0 bridgehead atoms. The van der Waals surface area contributed by atoms with Gasteiger partial charge in [0, 0.05) is 21.7 Å². The number of rotatable bonds is 4. The van der Waals surface area contributed by atoms with Crippen LogP contribution in [0.2, 0.25) is 10.0 Å². The van der Waals surface area contributed by atoms with Gasteiger partial charge in [0.2, 0.25) is 5.78 Å². The highest BCUT2D eigenvalue weighted by atomic mass is 35.5. The van der Waals surface area contributed by atoms with E-state index in [1.54, 1.807) is 18.2 Å². The molecule has 0 atom stereocenters. The van der Waals surface area contributed by atoms with Crippen LogP contribution in [0, 0.1) is 5.82 Å². The van der Waals surface area contributed by atoms with Gasteiger partial charge in [0.15, 0.2) is 5.76 Å². The second kappa shape index (κ2) is 7.75. The summed E-state index contributed by atoms with van der Waals surface area (Å²) in [5.41, 5.74) is 0.656. The number of benzene rings is 3. The second-order valence-electron chi connectivity index (χ2n) is 6.22. The van der Waals surface area contributed by atoms with Gasteiger partial charge in [0.1, 0.15) is 22.2 Å². The summed E-state index contributed by atoms with van der Waals surface area (Å²) in [5, 5.41) is 0.688. The average Bonchev–Trinajstić information content (AvgIpc) is 3.00. The smallest absolute Gasteiger partial charge is 0.339 e. The van der Waals surface area contributed by atoms with Crippen LogP contribution in [0.5, 0.6) is 11.5 Å². The van der Waals surface area contributed by atoms with Crippen molar-refractivity contribution in [2.24, 2.45) is 0 Å². The lowest BCUT2D eigenvalue weighted by Gasteiger charge is -2.08. The fourth-order valence-corrected chi connectivity index (χ4v) is 4.20. The topological polar surface area (TPSA) is 69.7 Å². The highest BCUT2D eigenvalue weighted by Gasteiger charge is 2.29. The van der Waals surface area contributed by atoms with E-state index in [4.69, 9.17) is 32.1 Å². The Hall–Kier alpha value is -2.87. The molecule has 3 aromatic rings. The van der Waals surface area contributed by atoms with Crippen LogP contribution >= 0.6 is 23.2 Å². The van der Waals surface area contributed by atoms with Gasteiger partial charge in [-0.25, -0.2) is 4.39 Å². The maximum Gasteiger partial charge on any atom is 0.339 e. The molecule has 1 aliphatic rings. The molecular weight excluding hydrogens is 454 g/mol. The fourth-order valence-electron chi connectivity index (χ4n) is 2.77. The third-order valence-corrected chi connectivity index (χ3v) is 6.15. The minimum Gasteiger partial charge on any atom is -0.452 e. The van der Waals surface area contributed by atoms with Crippen LogP contribution in [0.4, 0.5) is 4.39 Å². The molecule has 0 amide bonds. The number of ketones is 1. The predicted octanol–water partition coefficient (Wildman–Crippen LogP) is 5.52. The van der Waals surface area contributed by atoms with E-state index in [9.17, 15) is 17.6 Å². The molecule has 152 valence electrons. The van der Waals surface area contributed by atoms with E-state index in [2.05, 4.69) is 0 Å². The Morgan fingerprint density at radius 2 is 1.63 bits per heavy atom. The molecule has 0 saturated heterocycles. The number of hydrogen-bond acceptors (Lipinski definition) is 5. The predicted molar refractivity (Wildman–Crippen MR) is 110 cm³/mol. The van der Waals surface area contributed by atoms with Gasteiger partial charge in [0.05, 0.1) is 5.56 Å². The Labute approximate surface area is 181 Å². The lowest BCUT2D eigenvalue weighted by atomic mass is 10.1. The van der Waals surface area contributed by atoms with Crippen LogP contribution in [-0.2, 0) is 10.1 Å². The number of carbonyl (C=O) groups is 1. The highest BCUT2D eigenvalue weighted by Crippen LogP contribution is 2.37. The number of ether oxygens (including phenoxy) is 1. The number of fused-ring (bicyclic) bond motifs is 1. The van der Waals surface area contributed by atoms with Crippen molar-refractivity contribution >= 4 is 45.2 Å². The third-order valence-electron chi connectivity index (χ3n) is 4.22. The summed E-state index contributed by atoms with van der Waals surface area (Å²) in [5.74, 6) is -0.937. The van der Waals surface area contributed by atoms with E-state index >= 15 is 0 Å². The van der Waals surface area contributed by atoms with Crippen molar-refractivity contribution in [1.29, 1.82) is 0 Å². The maximum absolute atomic E-state index is 13.0. The van der Waals surface area contributed by atoms with Crippen LogP contribution in [0.25, 0.3) is 6.08 Å². The van der Waals surface area contributed by atoms with Gasteiger partial charge in [-0.15, -0.1) is 0 Å². The first-order valence-corrected chi connectivity index (χ1v) is 10.6. The van der Waals surface area contributed by atoms with Crippen molar-refractivity contribution in [2.75, 3.05) is 0 Å². The summed E-state index contributed by atoms with van der Waals surface area (Å²) in [6.07, 6.45) is 1.42. The molecule has 9 heteroatoms. The SMILES string of the molecule is O=C1/C(=C/c2c(Cl)cccc2Cl)Oc2cc(OS(=O)(=O)c3ccc(F)cc3)ccc21. The van der Waals surface area contributed by atoms with Crippen molar-refractivity contribution in [3.8, 4) is 11.5 Å². The van der Waals surface area contributed by atoms with E-state index < -0.39 is 21.7 Å². The molecule has 1 aliphatic heterocycles. The Balaban J connectivity index is 1.62. The summed E-state index contributed by atoms with van der Waals surface area (Å²) in [6, 6.07) is 13.1. The van der Waals surface area contributed by atoms with Gasteiger partial charge in [-0.05, 0) is 54.6 Å². The van der Waals surface area contributed by atoms with Crippen molar-refractivity contribution < 1.29 is 26.5 Å². The minimum absolute atomic E-state index is 0.0152. The molecule has 3 aromatic carbocycles. The van der Waals surface area contributed by atoms with E-state index in [-0.39, 0.29) is 27.7 Å². The van der Waals surface area contributed by atoms with Gasteiger partial charge in [0.25, 0.3) is 0 Å². The normalized spacial score (nSPS) is 14.5. The van der Waals surface area contributed by atoms with Crippen LogP contribution < -0.4 is 8.92 Å². The highest BCUT2D eigenvalue weighted by molar-refractivity contribution is 7.87. The number of hydrogen-bond donors (Lipinski definition) is 0. The number of carbonyl (C=O) groups excluding carboxylic acids is 1. The summed E-state index contributed by atoms with van der Waals surface area (Å²) < 4.78 is 48.4. The van der Waals surface area contributed by atoms with Gasteiger partial charge in [-0.1, -0.05) is 29.3 Å². The Morgan fingerprint density at radius 1 is 0.967 bits per heavy atom. The first-order valence-electron chi connectivity index (χ1n) is 8.47. The molecule has 0 aromatic heterocycles. The third kappa shape index (κ3) is 3.92. The van der Waals surface area contributed by atoms with Crippen LogP contribution in [-0.4, -0.2) is 14.2 Å². The Bertz CT molecular complexity index is 1280. The zero-order chi connectivity index (χ0) is 21.5. The molecule has 0 radical (unpaired) electrons. The molecule has 0 N–H and O–H groups in total. The summed E-state index contributed by atoms with van der Waals surface area (Å²) >= 11 is 12.3. The second-order valence-corrected chi connectivity index (χ2v) is 8.59. The quantitative estimate of drug-likeness (QED) is 0.375. The van der Waals surface area contributed by atoms with Crippen molar-refractivity contribution in [3.05, 3.63) is 93.4 Å². The van der Waals surface area contributed by atoms with E-state index in [1.165, 1.54) is 24.3 Å². The maximum atomic E-state index is 13.0. The van der Waals surface area contributed by atoms with Crippen LogP contribution in [0.3, 0.4) is 0 Å². The van der Waals surface area contributed by atoms with Gasteiger partial charge in [-0.3, -0.25) is 4.79 Å². The molecule has 0 saturated carbocycles. The van der Waals surface area contributed by atoms with Crippen molar-refractivity contribution in [1.82, 2.24) is 0 Å². The van der Waals surface area contributed by atoms with Gasteiger partial charge in [-0.2, -0.15) is 8.42 Å². The average molecular weight is 465 g/mol. The monoisotopic (exact) mass is 464 g/mol. The Morgan fingerprint density at radius 3 is 2.30 bits per heavy atom. The zero-order valence-corrected chi connectivity index (χ0v) is 17.3. The molecule has 0 spiro atoms. The lowest BCUT2D eigenvalue weighted by Crippen LogP contribution is -2.09. The summed E-state index contributed by atoms with van der Waals surface area (Å²) in [6.45, 7) is 0. The van der Waals surface area contributed by atoms with E-state index in [1.807, 2.05) is 0 Å². The summed E-state index contributed by atoms with van der Waals surface area (Å²) in [7, 11) is -4.19. The first-order chi connectivity index (χ1) is 14.2. The molecule has 0 fully saturated rings. The molecule has 0 aliphatic carbocycles. The number of Topliss-reactive ketones (excluding diaryl/α,β-unsaturated/α-hetero) is 1. The zero-order valence-electron chi connectivity index (χ0n) is 14.9. The number of halogens is 3. The summed E-state index contributed by atoms with van der Waals surface area (Å²) in [4.78, 5) is 12.4. The minimum atomic E-state index is -4.19. The molecule has 5 nitrogen and oxygen atoms in total. The van der Waals surface area contributed by atoms with Crippen LogP contribution in [0.1, 0.15) is 15.9 Å². The number of allylic oxidation sites excluding steroid dienone is 1. The molecule has 4 rings (SSSR count). The molecule has 0 unspecified atom stereocenters. The molecule has 1 heterocycles. The van der Waals surface area contributed by atoms with Crippen molar-refractivity contribution in [3.63, 3.8) is 0 Å². The Kier molecular flexibility index (Phi) is 5.27. The molecule has 30 heavy (non-hydrogen) atoms. The first kappa shape index (κ1) is 20.4. The van der Waals surface area contributed by atoms with Crippen molar-refractivity contribution in [2.45, 2.75) is 4.90 Å². The van der Waals surface area contributed by atoms with E-state index in [0.717, 1.165) is 24.3 Å². The lowest BCUT2D eigenvalue weighted by molar-refractivity contribution is 0.101. The molecular formula is C21H11Cl2FO5S. The van der Waals surface area contributed by atoms with E-state index in [0.29, 0.717) is 15.6 Å². The fraction of sp³-hybridized carbons (Fsp3) is 0. The standard InChI is InChI=1S/C21H11Cl2FO5S/c22-17-2-1-3-18(23)16(17)11-20-21(25)15-9-6-13(10-19(15)28-20)29-30(26,27)14-7-4-12(24)5-8-14/h1-11H/b20-11-. The van der Waals surface area contributed by atoms with Crippen LogP contribution in [0.15, 0.2) is 71.3 Å².